The third kappa shape index (κ3) is 6.03. The molecule has 0 aromatic heterocycles. The number of rotatable bonds is 9. The molecule has 8 fully saturated rings. The van der Waals surface area contributed by atoms with Crippen LogP contribution in [-0.4, -0.2) is 109 Å². The van der Waals surface area contributed by atoms with Gasteiger partial charge < -0.3 is 34.3 Å². The molecule has 10 heteroatoms. The van der Waals surface area contributed by atoms with Crippen molar-refractivity contribution in [1.82, 2.24) is 15.1 Å². The molecule has 4 aliphatic heterocycles. The summed E-state index contributed by atoms with van der Waals surface area (Å²) in [6.45, 7) is 22.9. The van der Waals surface area contributed by atoms with Crippen LogP contribution in [-0.2, 0) is 23.7 Å². The molecule has 10 nitrogen and oxygen atoms in total. The highest BCUT2D eigenvalue weighted by atomic mass is 16.7. The van der Waals surface area contributed by atoms with Gasteiger partial charge in [0, 0.05) is 26.2 Å². The predicted octanol–water partition coefficient (Wildman–Crippen LogP) is 6.38. The number of aliphatic hydroxyl groups is 1. The Morgan fingerprint density at radius 3 is 2.49 bits per heavy atom. The number of fused-ring (bicyclic) bond motifs is 1. The molecule has 8 aliphatic rings. The Morgan fingerprint density at radius 2 is 1.81 bits per heavy atom. The van der Waals surface area contributed by atoms with Crippen LogP contribution >= 0.6 is 0 Å². The van der Waals surface area contributed by atoms with Gasteiger partial charge in [-0.05, 0) is 115 Å². The number of hydrogen-bond donors (Lipinski definition) is 2. The minimum absolute atomic E-state index is 0.0431. The number of carbonyl (C=O) groups excluding carboxylic acids is 2. The van der Waals surface area contributed by atoms with E-state index in [-0.39, 0.29) is 76.8 Å². The lowest BCUT2D eigenvalue weighted by atomic mass is 9.52. The summed E-state index contributed by atoms with van der Waals surface area (Å²) < 4.78 is 26.2. The Balaban J connectivity index is 0.941. The third-order valence-corrected chi connectivity index (χ3v) is 17.5. The lowest BCUT2D eigenvalue weighted by molar-refractivity contribution is -0.244. The van der Waals surface area contributed by atoms with E-state index in [9.17, 15) is 14.7 Å². The van der Waals surface area contributed by atoms with Crippen LogP contribution in [0.15, 0.2) is 0 Å². The fourth-order valence-electron chi connectivity index (χ4n) is 13.9. The second-order valence-corrected chi connectivity index (χ2v) is 20.8. The van der Waals surface area contributed by atoms with E-state index < -0.39 is 6.10 Å². The van der Waals surface area contributed by atoms with Gasteiger partial charge in [-0.25, -0.2) is 4.79 Å². The van der Waals surface area contributed by atoms with E-state index in [1.807, 2.05) is 0 Å². The predicted molar refractivity (Wildman–Crippen MR) is 202 cm³/mol. The molecule has 4 heterocycles. The Morgan fingerprint density at radius 1 is 1.04 bits per heavy atom. The Labute approximate surface area is 319 Å². The molecule has 8 rings (SSSR count). The van der Waals surface area contributed by atoms with Crippen molar-refractivity contribution in [3.63, 3.8) is 0 Å². The van der Waals surface area contributed by atoms with Gasteiger partial charge in [-0.2, -0.15) is 0 Å². The number of carbonyl (C=O) groups is 2. The van der Waals surface area contributed by atoms with Gasteiger partial charge in [-0.15, -0.1) is 0 Å². The first kappa shape index (κ1) is 38.4. The van der Waals surface area contributed by atoms with Gasteiger partial charge >= 0.3 is 6.09 Å². The molecule has 53 heavy (non-hydrogen) atoms. The highest BCUT2D eigenvalue weighted by molar-refractivity contribution is 5.83. The second-order valence-electron chi connectivity index (χ2n) is 20.8. The minimum atomic E-state index is -0.570. The lowest BCUT2D eigenvalue weighted by Gasteiger charge is -2.55. The van der Waals surface area contributed by atoms with Crippen molar-refractivity contribution in [2.45, 2.75) is 169 Å². The quantitative estimate of drug-likeness (QED) is 0.281. The first-order valence-corrected chi connectivity index (χ1v) is 21.6. The monoisotopic (exact) mass is 742 g/mol. The fraction of sp³-hybridized carbons (Fsp3) is 0.953. The second kappa shape index (κ2) is 13.6. The zero-order valence-corrected chi connectivity index (χ0v) is 34.2. The number of nitrogens with one attached hydrogen (secondary N) is 1. The van der Waals surface area contributed by atoms with Gasteiger partial charge in [0.25, 0.3) is 0 Å². The average Bonchev–Trinajstić information content (AvgIpc) is 3.50. The standard InChI is InChI=1S/C43H71N3O7/c1-26(2)34(53-38(49)45-19-10-20-45)29-23-27(3)33-35(51-29)36(47)40(6,7)41(33,8)16-17-42-14-9-11-30-39(4,5)31(12-15-43(30,42)25-42)52-32-24-46(21-22-50-32)28-13-18-44-37(28)48/h26-36,47H,9-25H2,1-8H3,(H,44,48)/t27-,28-,29?,30+,31+,32+,33+,34-,35?,36+,41-,42+,43-/m1/s1. The van der Waals surface area contributed by atoms with Crippen LogP contribution in [0.3, 0.4) is 0 Å². The smallest absolute Gasteiger partial charge is 0.410 e. The van der Waals surface area contributed by atoms with Crippen molar-refractivity contribution < 1.29 is 33.6 Å². The van der Waals surface area contributed by atoms with Gasteiger partial charge in [0.1, 0.15) is 6.10 Å². The van der Waals surface area contributed by atoms with E-state index in [0.29, 0.717) is 35.8 Å². The van der Waals surface area contributed by atoms with E-state index >= 15 is 0 Å². The summed E-state index contributed by atoms with van der Waals surface area (Å²) in [4.78, 5) is 29.4. The van der Waals surface area contributed by atoms with Crippen molar-refractivity contribution in [1.29, 1.82) is 0 Å². The molecule has 4 aliphatic carbocycles. The van der Waals surface area contributed by atoms with E-state index in [2.05, 4.69) is 65.6 Å². The number of morpholine rings is 1. The van der Waals surface area contributed by atoms with Crippen LogP contribution in [0.5, 0.6) is 0 Å². The summed E-state index contributed by atoms with van der Waals surface area (Å²) in [5, 5.41) is 15.1. The topological polar surface area (TPSA) is 110 Å². The summed E-state index contributed by atoms with van der Waals surface area (Å²) in [6, 6.07) is -0.0534. The van der Waals surface area contributed by atoms with Gasteiger partial charge in [0.2, 0.25) is 5.91 Å². The van der Waals surface area contributed by atoms with Gasteiger partial charge in [0.15, 0.2) is 6.29 Å². The van der Waals surface area contributed by atoms with Crippen molar-refractivity contribution in [2.24, 2.45) is 50.7 Å². The Bertz CT molecular complexity index is 1400. The molecular weight excluding hydrogens is 670 g/mol. The molecule has 0 aromatic carbocycles. The molecule has 0 aromatic rings. The third-order valence-electron chi connectivity index (χ3n) is 17.5. The van der Waals surface area contributed by atoms with Crippen molar-refractivity contribution in [2.75, 3.05) is 39.3 Å². The number of aliphatic hydroxyl groups excluding tert-OH is 1. The van der Waals surface area contributed by atoms with Crippen LogP contribution in [0.1, 0.15) is 126 Å². The number of amides is 2. The van der Waals surface area contributed by atoms with Crippen molar-refractivity contribution in [3.8, 4) is 0 Å². The first-order valence-electron chi connectivity index (χ1n) is 21.6. The molecule has 13 atom stereocenters. The molecule has 2 unspecified atom stereocenters. The lowest BCUT2D eigenvalue weighted by Crippen LogP contribution is -2.55. The molecule has 0 bridgehead atoms. The molecule has 4 saturated heterocycles. The van der Waals surface area contributed by atoms with Crippen molar-refractivity contribution >= 4 is 12.0 Å². The zero-order chi connectivity index (χ0) is 37.7. The van der Waals surface area contributed by atoms with Crippen LogP contribution in [0.2, 0.25) is 0 Å². The first-order chi connectivity index (χ1) is 25.0. The molecule has 300 valence electrons. The minimum Gasteiger partial charge on any atom is -0.443 e. The Hall–Kier alpha value is -1.46. The molecule has 0 radical (unpaired) electrons. The number of nitrogens with zero attached hydrogens (tertiary/aromatic N) is 2. The van der Waals surface area contributed by atoms with E-state index in [1.165, 1.54) is 38.5 Å². The summed E-state index contributed by atoms with van der Waals surface area (Å²) in [6.07, 6.45) is 10.8. The maximum atomic E-state index is 12.9. The fourth-order valence-corrected chi connectivity index (χ4v) is 13.9. The number of likely N-dealkylation sites (tertiary alicyclic amines) is 1. The van der Waals surface area contributed by atoms with E-state index in [4.69, 9.17) is 18.9 Å². The highest BCUT2D eigenvalue weighted by Gasteiger charge is 2.75. The number of ether oxygens (including phenoxy) is 4. The summed E-state index contributed by atoms with van der Waals surface area (Å²) in [7, 11) is 0. The zero-order valence-electron chi connectivity index (χ0n) is 34.2. The highest BCUT2D eigenvalue weighted by Crippen LogP contribution is 2.82. The summed E-state index contributed by atoms with van der Waals surface area (Å²) in [5.41, 5.74) is 0.394. The normalized spacial score (nSPS) is 46.5. The largest absolute Gasteiger partial charge is 0.443 e. The van der Waals surface area contributed by atoms with Crippen molar-refractivity contribution in [3.05, 3.63) is 0 Å². The maximum Gasteiger partial charge on any atom is 0.410 e. The van der Waals surface area contributed by atoms with Gasteiger partial charge in [-0.1, -0.05) is 61.8 Å². The van der Waals surface area contributed by atoms with Crippen LogP contribution in [0, 0.1) is 50.7 Å². The number of hydrogen-bond acceptors (Lipinski definition) is 8. The van der Waals surface area contributed by atoms with Crippen LogP contribution in [0.25, 0.3) is 0 Å². The molecule has 2 N–H and O–H groups in total. The average molecular weight is 742 g/mol. The molecule has 4 saturated carbocycles. The van der Waals surface area contributed by atoms with E-state index in [0.717, 1.165) is 58.3 Å². The SMILES string of the molecule is CC(C)[C@@H](OC(=O)N1CCC1)C1C[C@@H](C)[C@H]2C(O1)[C@H](O)C(C)(C)[C@]2(C)CC[C@]12CCC[C@H]3C(C)(C)[C@@H](O[C@H]4CN([C@@H]5CCNC5=O)CCO4)CC[C@@]31C2. The van der Waals surface area contributed by atoms with Gasteiger partial charge in [-0.3, -0.25) is 9.69 Å². The summed E-state index contributed by atoms with van der Waals surface area (Å²) in [5.74, 6) is 1.49. The van der Waals surface area contributed by atoms with Gasteiger partial charge in [0.05, 0.1) is 43.6 Å². The summed E-state index contributed by atoms with van der Waals surface area (Å²) >= 11 is 0. The molecular formula is C43H71N3O7. The van der Waals surface area contributed by atoms with Crippen LogP contribution in [0.4, 0.5) is 4.79 Å². The van der Waals surface area contributed by atoms with E-state index in [1.54, 1.807) is 4.90 Å². The molecule has 2 amide bonds. The van der Waals surface area contributed by atoms with Crippen LogP contribution < -0.4 is 5.32 Å². The molecule has 1 spiro atoms. The maximum absolute atomic E-state index is 12.9. The Kier molecular flexibility index (Phi) is 9.85.